The molecule has 0 unspecified atom stereocenters. The maximum absolute atomic E-state index is 11.9. The van der Waals surface area contributed by atoms with Crippen LogP contribution in [0.5, 0.6) is 0 Å². The Bertz CT molecular complexity index is 496. The highest BCUT2D eigenvalue weighted by Crippen LogP contribution is 2.17. The number of anilines is 1. The van der Waals surface area contributed by atoms with Gasteiger partial charge in [0.15, 0.2) is 0 Å². The van der Waals surface area contributed by atoms with Crippen molar-refractivity contribution >= 4 is 17.6 Å². The van der Waals surface area contributed by atoms with Crippen LogP contribution in [-0.2, 0) is 21.4 Å². The van der Waals surface area contributed by atoms with Crippen LogP contribution in [-0.4, -0.2) is 53.3 Å². The molecule has 0 atom stereocenters. The van der Waals surface area contributed by atoms with Gasteiger partial charge in [-0.2, -0.15) is 5.10 Å². The van der Waals surface area contributed by atoms with Crippen LogP contribution in [0.3, 0.4) is 0 Å². The van der Waals surface area contributed by atoms with Crippen molar-refractivity contribution < 1.29 is 14.3 Å². The average molecular weight is 282 g/mol. The maximum Gasteiger partial charge on any atom is 0.320 e. The minimum atomic E-state index is -0.337. The van der Waals surface area contributed by atoms with E-state index in [9.17, 15) is 9.59 Å². The molecule has 112 valence electrons. The Balaban J connectivity index is 2.53. The zero-order valence-electron chi connectivity index (χ0n) is 12.7. The smallest absolute Gasteiger partial charge is 0.320 e. The van der Waals surface area contributed by atoms with Crippen molar-refractivity contribution in [3.05, 3.63) is 11.4 Å². The standard InChI is InChI=1S/C13H22N4O3/c1-6-20-12(19)8-16(4)7-11(18)14-13-9(2)15-17(5)10(13)3/h6-8H2,1-5H3,(H,14,18). The van der Waals surface area contributed by atoms with Crippen molar-refractivity contribution in [1.82, 2.24) is 14.7 Å². The number of esters is 1. The number of nitrogens with zero attached hydrogens (tertiary/aromatic N) is 3. The third-order valence-corrected chi connectivity index (χ3v) is 2.89. The van der Waals surface area contributed by atoms with Gasteiger partial charge in [-0.25, -0.2) is 0 Å². The molecule has 0 spiro atoms. The molecule has 0 aliphatic heterocycles. The van der Waals surface area contributed by atoms with Crippen molar-refractivity contribution in [2.24, 2.45) is 7.05 Å². The Morgan fingerprint density at radius 1 is 1.35 bits per heavy atom. The summed E-state index contributed by atoms with van der Waals surface area (Å²) in [5, 5.41) is 7.05. The molecular formula is C13H22N4O3. The number of hydrogen-bond acceptors (Lipinski definition) is 5. The fourth-order valence-corrected chi connectivity index (χ4v) is 1.86. The van der Waals surface area contributed by atoms with E-state index in [0.717, 1.165) is 17.1 Å². The second-order valence-corrected chi connectivity index (χ2v) is 4.69. The summed E-state index contributed by atoms with van der Waals surface area (Å²) < 4.78 is 6.54. The Labute approximate surface area is 118 Å². The van der Waals surface area contributed by atoms with Gasteiger partial charge in [0.05, 0.1) is 36.8 Å². The molecule has 0 aliphatic carbocycles. The van der Waals surface area contributed by atoms with Crippen molar-refractivity contribution in [2.75, 3.05) is 32.1 Å². The molecule has 0 saturated heterocycles. The van der Waals surface area contributed by atoms with Gasteiger partial charge in [0.1, 0.15) is 0 Å². The first-order chi connectivity index (χ1) is 9.35. The number of hydrogen-bond donors (Lipinski definition) is 1. The monoisotopic (exact) mass is 282 g/mol. The van der Waals surface area contributed by atoms with E-state index in [1.165, 1.54) is 0 Å². The number of aryl methyl sites for hydroxylation is 2. The van der Waals surface area contributed by atoms with Crippen molar-refractivity contribution in [1.29, 1.82) is 0 Å². The normalized spacial score (nSPS) is 10.7. The predicted molar refractivity (Wildman–Crippen MR) is 75.4 cm³/mol. The van der Waals surface area contributed by atoms with Crippen LogP contribution in [0.2, 0.25) is 0 Å². The third kappa shape index (κ3) is 4.34. The van der Waals surface area contributed by atoms with Crippen LogP contribution in [0, 0.1) is 13.8 Å². The highest BCUT2D eigenvalue weighted by atomic mass is 16.5. The average Bonchev–Trinajstić information content (AvgIpc) is 2.55. The summed E-state index contributed by atoms with van der Waals surface area (Å²) in [7, 11) is 3.52. The minimum absolute atomic E-state index is 0.0895. The number of carbonyl (C=O) groups is 2. The molecular weight excluding hydrogens is 260 g/mol. The van der Waals surface area contributed by atoms with Gasteiger partial charge in [0.2, 0.25) is 5.91 Å². The van der Waals surface area contributed by atoms with Crippen LogP contribution in [0.15, 0.2) is 0 Å². The van der Waals surface area contributed by atoms with Crippen LogP contribution < -0.4 is 5.32 Å². The van der Waals surface area contributed by atoms with E-state index in [1.54, 1.807) is 23.6 Å². The number of rotatable bonds is 6. The highest BCUT2D eigenvalue weighted by Gasteiger charge is 2.15. The molecule has 7 heteroatoms. The molecule has 0 saturated carbocycles. The first-order valence-corrected chi connectivity index (χ1v) is 6.49. The SMILES string of the molecule is CCOC(=O)CN(C)CC(=O)Nc1c(C)nn(C)c1C. The molecule has 0 aromatic carbocycles. The summed E-state index contributed by atoms with van der Waals surface area (Å²) >= 11 is 0. The third-order valence-electron chi connectivity index (χ3n) is 2.89. The number of aromatic nitrogens is 2. The highest BCUT2D eigenvalue weighted by molar-refractivity contribution is 5.93. The summed E-state index contributed by atoms with van der Waals surface area (Å²) in [5.41, 5.74) is 2.39. The van der Waals surface area contributed by atoms with E-state index in [1.807, 2.05) is 20.9 Å². The quantitative estimate of drug-likeness (QED) is 0.768. The molecule has 0 bridgehead atoms. The second kappa shape index (κ2) is 7.04. The van der Waals surface area contributed by atoms with Crippen molar-refractivity contribution in [3.8, 4) is 0 Å². The lowest BCUT2D eigenvalue weighted by molar-refractivity contribution is -0.144. The summed E-state index contributed by atoms with van der Waals surface area (Å²) in [6, 6.07) is 0. The predicted octanol–water partition coefficient (Wildman–Crippen LogP) is 0.470. The Kier molecular flexibility index (Phi) is 5.69. The second-order valence-electron chi connectivity index (χ2n) is 4.69. The Morgan fingerprint density at radius 2 is 2.00 bits per heavy atom. The van der Waals surface area contributed by atoms with Gasteiger partial charge in [-0.15, -0.1) is 0 Å². The molecule has 20 heavy (non-hydrogen) atoms. The molecule has 0 radical (unpaired) electrons. The Hall–Kier alpha value is -1.89. The van der Waals surface area contributed by atoms with Gasteiger partial charge >= 0.3 is 5.97 Å². The molecule has 1 heterocycles. The first kappa shape index (κ1) is 16.2. The largest absolute Gasteiger partial charge is 0.465 e. The van der Waals surface area contributed by atoms with Crippen LogP contribution in [0.25, 0.3) is 0 Å². The van der Waals surface area contributed by atoms with E-state index in [0.29, 0.717) is 6.61 Å². The number of ether oxygens (including phenoxy) is 1. The zero-order valence-corrected chi connectivity index (χ0v) is 12.7. The summed E-state index contributed by atoms with van der Waals surface area (Å²) in [4.78, 5) is 24.8. The number of amides is 1. The molecule has 1 N–H and O–H groups in total. The van der Waals surface area contributed by atoms with Crippen molar-refractivity contribution in [3.63, 3.8) is 0 Å². The maximum atomic E-state index is 11.9. The Morgan fingerprint density at radius 3 is 2.50 bits per heavy atom. The molecule has 1 aromatic rings. The molecule has 0 aliphatic rings. The zero-order chi connectivity index (χ0) is 15.3. The lowest BCUT2D eigenvalue weighted by Crippen LogP contribution is -2.34. The first-order valence-electron chi connectivity index (χ1n) is 6.49. The molecule has 1 rings (SSSR count). The van der Waals surface area contributed by atoms with Crippen LogP contribution in [0.1, 0.15) is 18.3 Å². The van der Waals surface area contributed by atoms with Gasteiger partial charge in [-0.05, 0) is 27.8 Å². The fraction of sp³-hybridized carbons (Fsp3) is 0.615. The number of nitrogens with one attached hydrogen (secondary N) is 1. The summed E-state index contributed by atoms with van der Waals surface area (Å²) in [6.45, 7) is 6.02. The lowest BCUT2D eigenvalue weighted by Gasteiger charge is -2.15. The topological polar surface area (TPSA) is 76.5 Å². The van der Waals surface area contributed by atoms with E-state index >= 15 is 0 Å². The molecule has 1 amide bonds. The van der Waals surface area contributed by atoms with E-state index in [4.69, 9.17) is 4.74 Å². The van der Waals surface area contributed by atoms with Crippen molar-refractivity contribution in [2.45, 2.75) is 20.8 Å². The van der Waals surface area contributed by atoms with E-state index in [2.05, 4.69) is 10.4 Å². The number of carbonyl (C=O) groups excluding carboxylic acids is 2. The van der Waals surface area contributed by atoms with Gasteiger partial charge in [-0.3, -0.25) is 19.2 Å². The fourth-order valence-electron chi connectivity index (χ4n) is 1.86. The van der Waals surface area contributed by atoms with Gasteiger partial charge in [0, 0.05) is 7.05 Å². The minimum Gasteiger partial charge on any atom is -0.465 e. The van der Waals surface area contributed by atoms with Gasteiger partial charge in [-0.1, -0.05) is 0 Å². The molecule has 1 aromatic heterocycles. The van der Waals surface area contributed by atoms with Gasteiger partial charge < -0.3 is 10.1 Å². The summed E-state index contributed by atoms with van der Waals surface area (Å²) in [5.74, 6) is -0.521. The van der Waals surface area contributed by atoms with Gasteiger partial charge in [0.25, 0.3) is 0 Å². The van der Waals surface area contributed by atoms with Crippen LogP contribution >= 0.6 is 0 Å². The molecule has 0 fully saturated rings. The van der Waals surface area contributed by atoms with Crippen LogP contribution in [0.4, 0.5) is 5.69 Å². The van der Waals surface area contributed by atoms with E-state index in [-0.39, 0.29) is 25.0 Å². The molecule has 7 nitrogen and oxygen atoms in total. The summed E-state index contributed by atoms with van der Waals surface area (Å²) in [6.07, 6.45) is 0. The van der Waals surface area contributed by atoms with E-state index < -0.39 is 0 Å². The lowest BCUT2D eigenvalue weighted by atomic mass is 10.3. The number of likely N-dealkylation sites (N-methyl/N-ethyl adjacent to an activating group) is 1.